The molecule has 8 aromatic carbocycles. The third-order valence-electron chi connectivity index (χ3n) is 12.0. The smallest absolute Gasteiger partial charge is 0.0482 e. The molecule has 11 rings (SSSR count). The normalized spacial score (nSPS) is 15.1. The first-order valence-corrected chi connectivity index (χ1v) is 18.5. The van der Waals surface area contributed by atoms with Crippen molar-refractivity contribution in [1.82, 2.24) is 0 Å². The van der Waals surface area contributed by atoms with Crippen molar-refractivity contribution in [2.45, 2.75) is 38.5 Å². The molecule has 1 nitrogen and oxygen atoms in total. The maximum Gasteiger partial charge on any atom is 0.0482 e. The van der Waals surface area contributed by atoms with Crippen LogP contribution in [0.5, 0.6) is 0 Å². The number of hydrogen-bond acceptors (Lipinski definition) is 2. The van der Waals surface area contributed by atoms with E-state index in [0.717, 1.165) is 0 Å². The standard InChI is InChI=1S/C48H35NS/c1-47(2)39-17-9-7-14-33(39)35-22-20-28(25-41(35)47)49(29-21-23-36-34-15-8-10-18-40(34)48(3,4)42(36)26-29)30-24-38-32-13-6-5-12-31(32)37-16-11-19-43-45(37)46(38)44(27-30)50-43/h5-27H,1-4H3. The van der Waals surface area contributed by atoms with Gasteiger partial charge in [0.2, 0.25) is 0 Å². The predicted octanol–water partition coefficient (Wildman–Crippen LogP) is 13.9. The number of rotatable bonds is 3. The first-order valence-electron chi connectivity index (χ1n) is 17.7. The van der Waals surface area contributed by atoms with Gasteiger partial charge in [-0.15, -0.1) is 11.3 Å². The van der Waals surface area contributed by atoms with E-state index in [-0.39, 0.29) is 10.8 Å². The second-order valence-corrected chi connectivity index (χ2v) is 16.4. The Bertz CT molecular complexity index is 2780. The number of hydrogen-bond donors (Lipinski definition) is 0. The molecule has 50 heavy (non-hydrogen) atoms. The monoisotopic (exact) mass is 657 g/mol. The zero-order chi connectivity index (χ0) is 33.5. The average molecular weight is 658 g/mol. The van der Waals surface area contributed by atoms with Gasteiger partial charge in [-0.05, 0) is 109 Å². The third-order valence-corrected chi connectivity index (χ3v) is 13.1. The Morgan fingerprint density at radius 1 is 0.380 bits per heavy atom. The highest BCUT2D eigenvalue weighted by Gasteiger charge is 2.37. The molecule has 0 fully saturated rings. The molecule has 0 atom stereocenters. The summed E-state index contributed by atoms with van der Waals surface area (Å²) in [7, 11) is 0. The topological polar surface area (TPSA) is 3.24 Å². The van der Waals surface area contributed by atoms with E-state index in [1.165, 1.54) is 103 Å². The highest BCUT2D eigenvalue weighted by atomic mass is 32.1. The SMILES string of the molecule is CC1(C)c2ccccc2-c2ccc(N(c3ccc4c(c3)C(C)(C)c3ccccc3-4)c3cc4sc5cccc6c7ccccc7c(c3)c4c56)cc21. The van der Waals surface area contributed by atoms with Crippen molar-refractivity contribution in [3.05, 3.63) is 162 Å². The molecule has 0 N–H and O–H groups in total. The van der Waals surface area contributed by atoms with E-state index in [9.17, 15) is 0 Å². The molecule has 0 radical (unpaired) electrons. The van der Waals surface area contributed by atoms with Gasteiger partial charge in [-0.25, -0.2) is 0 Å². The fourth-order valence-electron chi connectivity index (χ4n) is 9.56. The fraction of sp³-hybridized carbons (Fsp3) is 0.125. The van der Waals surface area contributed by atoms with Gasteiger partial charge < -0.3 is 4.90 Å². The van der Waals surface area contributed by atoms with Gasteiger partial charge in [0.25, 0.3) is 0 Å². The van der Waals surface area contributed by atoms with Crippen LogP contribution in [0.15, 0.2) is 140 Å². The number of anilines is 3. The van der Waals surface area contributed by atoms with Crippen molar-refractivity contribution in [3.63, 3.8) is 0 Å². The van der Waals surface area contributed by atoms with E-state index in [1.807, 2.05) is 11.3 Å². The van der Waals surface area contributed by atoms with Crippen LogP contribution in [0.1, 0.15) is 49.9 Å². The Morgan fingerprint density at radius 3 is 1.50 bits per heavy atom. The third kappa shape index (κ3) is 3.57. The second-order valence-electron chi connectivity index (χ2n) is 15.3. The van der Waals surface area contributed by atoms with Crippen molar-refractivity contribution < 1.29 is 0 Å². The Kier molecular flexibility index (Phi) is 5.47. The Labute approximate surface area is 296 Å². The summed E-state index contributed by atoms with van der Waals surface area (Å²) >= 11 is 1.92. The molecule has 0 spiro atoms. The molecule has 0 saturated carbocycles. The average Bonchev–Trinajstić information content (AvgIpc) is 3.71. The molecular weight excluding hydrogens is 623 g/mol. The van der Waals surface area contributed by atoms with Gasteiger partial charge in [0.15, 0.2) is 0 Å². The Balaban J connectivity index is 1.20. The lowest BCUT2D eigenvalue weighted by Gasteiger charge is -2.30. The minimum absolute atomic E-state index is 0.0913. The molecule has 0 bridgehead atoms. The zero-order valence-corrected chi connectivity index (χ0v) is 29.5. The lowest BCUT2D eigenvalue weighted by Crippen LogP contribution is -2.18. The summed E-state index contributed by atoms with van der Waals surface area (Å²) in [5.41, 5.74) is 14.4. The van der Waals surface area contributed by atoms with Crippen molar-refractivity contribution in [3.8, 4) is 22.3 Å². The van der Waals surface area contributed by atoms with Gasteiger partial charge in [-0.2, -0.15) is 0 Å². The summed E-state index contributed by atoms with van der Waals surface area (Å²) < 4.78 is 2.69. The minimum Gasteiger partial charge on any atom is -0.310 e. The van der Waals surface area contributed by atoms with E-state index in [0.29, 0.717) is 0 Å². The van der Waals surface area contributed by atoms with E-state index in [1.54, 1.807) is 0 Å². The molecule has 2 heteroatoms. The van der Waals surface area contributed by atoms with Crippen LogP contribution in [-0.4, -0.2) is 0 Å². The van der Waals surface area contributed by atoms with Crippen LogP contribution in [0.25, 0.3) is 64.0 Å². The summed E-state index contributed by atoms with van der Waals surface area (Å²) in [6, 6.07) is 52.9. The lowest BCUT2D eigenvalue weighted by molar-refractivity contribution is 0.660. The number of fused-ring (bicyclic) bond motifs is 9. The molecule has 9 aromatic rings. The van der Waals surface area contributed by atoms with Crippen molar-refractivity contribution >= 4 is 70.1 Å². The summed E-state index contributed by atoms with van der Waals surface area (Å²) in [5.74, 6) is 0. The molecule has 0 unspecified atom stereocenters. The maximum absolute atomic E-state index is 2.52. The van der Waals surface area contributed by atoms with Crippen molar-refractivity contribution in [2.24, 2.45) is 0 Å². The van der Waals surface area contributed by atoms with Crippen LogP contribution < -0.4 is 4.90 Å². The van der Waals surface area contributed by atoms with Crippen LogP contribution in [0.3, 0.4) is 0 Å². The molecule has 1 heterocycles. The van der Waals surface area contributed by atoms with E-state index in [2.05, 4.69) is 172 Å². The predicted molar refractivity (Wildman–Crippen MR) is 215 cm³/mol. The van der Waals surface area contributed by atoms with E-state index in [4.69, 9.17) is 0 Å². The van der Waals surface area contributed by atoms with Crippen molar-refractivity contribution in [2.75, 3.05) is 4.90 Å². The van der Waals surface area contributed by atoms with Crippen molar-refractivity contribution in [1.29, 1.82) is 0 Å². The molecule has 2 aliphatic rings. The van der Waals surface area contributed by atoms with Gasteiger partial charge in [0.05, 0.1) is 0 Å². The molecule has 1 aromatic heterocycles. The number of benzene rings is 8. The summed E-state index contributed by atoms with van der Waals surface area (Å²) in [4.78, 5) is 2.52. The van der Waals surface area contributed by atoms with Gasteiger partial charge in [0, 0.05) is 48.1 Å². The summed E-state index contributed by atoms with van der Waals surface area (Å²) in [6.45, 7) is 9.51. The highest BCUT2D eigenvalue weighted by Crippen LogP contribution is 2.54. The first-order chi connectivity index (χ1) is 24.3. The van der Waals surface area contributed by atoms with Crippen LogP contribution in [0.4, 0.5) is 17.1 Å². The van der Waals surface area contributed by atoms with E-state index < -0.39 is 0 Å². The highest BCUT2D eigenvalue weighted by molar-refractivity contribution is 7.26. The lowest BCUT2D eigenvalue weighted by atomic mass is 9.82. The fourth-order valence-corrected chi connectivity index (χ4v) is 10.8. The molecule has 0 saturated heterocycles. The molecular formula is C48H35NS. The van der Waals surface area contributed by atoms with Gasteiger partial charge in [-0.3, -0.25) is 0 Å². The van der Waals surface area contributed by atoms with E-state index >= 15 is 0 Å². The second kappa shape index (κ2) is 9.62. The van der Waals surface area contributed by atoms with Crippen LogP contribution in [0, 0.1) is 0 Å². The quantitative estimate of drug-likeness (QED) is 0.171. The maximum atomic E-state index is 2.52. The molecule has 2 aliphatic carbocycles. The summed E-state index contributed by atoms with van der Waals surface area (Å²) in [6.07, 6.45) is 0. The van der Waals surface area contributed by atoms with Crippen LogP contribution in [-0.2, 0) is 10.8 Å². The van der Waals surface area contributed by atoms with Gasteiger partial charge in [0.1, 0.15) is 0 Å². The summed E-state index contributed by atoms with van der Waals surface area (Å²) in [5, 5.41) is 8.09. The Morgan fingerprint density at radius 2 is 0.880 bits per heavy atom. The largest absolute Gasteiger partial charge is 0.310 e. The number of nitrogens with zero attached hydrogens (tertiary/aromatic N) is 1. The zero-order valence-electron chi connectivity index (χ0n) is 28.6. The Hall–Kier alpha value is -5.44. The van der Waals surface area contributed by atoms with Crippen LogP contribution >= 0.6 is 11.3 Å². The van der Waals surface area contributed by atoms with Crippen LogP contribution in [0.2, 0.25) is 0 Å². The molecule has 238 valence electrons. The van der Waals surface area contributed by atoms with Gasteiger partial charge >= 0.3 is 0 Å². The number of thiophene rings is 1. The minimum atomic E-state index is -0.0913. The molecule has 0 aliphatic heterocycles. The molecule has 0 amide bonds. The first kappa shape index (κ1) is 28.4. The van der Waals surface area contributed by atoms with Gasteiger partial charge in [-0.1, -0.05) is 125 Å².